The first kappa shape index (κ1) is 8.76. The molecule has 2 N–H and O–H groups in total. The third kappa shape index (κ3) is 1.47. The molecule has 0 aromatic carbocycles. The maximum Gasteiger partial charge on any atom is 0.410 e. The van der Waals surface area contributed by atoms with Gasteiger partial charge in [-0.25, -0.2) is 9.78 Å². The number of fused-ring (bicyclic) bond motifs is 1. The monoisotopic (exact) mass is 212 g/mol. The molecule has 0 bridgehead atoms. The first-order valence-corrected chi connectivity index (χ1v) is 4.05. The van der Waals surface area contributed by atoms with Crippen LogP contribution in [0.15, 0.2) is 18.3 Å². The summed E-state index contributed by atoms with van der Waals surface area (Å²) in [6.45, 7) is 0. The minimum absolute atomic E-state index is 0.210. The number of nitrogens with one attached hydrogen (secondary N) is 1. The van der Waals surface area contributed by atoms with Crippen molar-refractivity contribution in [3.8, 4) is 0 Å². The van der Waals surface area contributed by atoms with Crippen LogP contribution in [-0.2, 0) is 0 Å². The normalized spacial score (nSPS) is 10.4. The summed E-state index contributed by atoms with van der Waals surface area (Å²) < 4.78 is 1.35. The Hall–Kier alpha value is -1.82. The summed E-state index contributed by atoms with van der Waals surface area (Å²) in [6, 6.07) is 3.01. The van der Waals surface area contributed by atoms with Crippen LogP contribution >= 0.6 is 11.6 Å². The van der Waals surface area contributed by atoms with E-state index in [1.54, 1.807) is 6.07 Å². The van der Waals surface area contributed by atoms with E-state index in [0.29, 0.717) is 5.65 Å². The standard InChI is InChI=1S/C7H5ClN4O2/c8-4-3-6(11-7(13)14)12-5(10-4)1-2-9-12/h1-3,11H,(H,13,14). The molecule has 2 aromatic heterocycles. The van der Waals surface area contributed by atoms with Gasteiger partial charge in [-0.15, -0.1) is 0 Å². The second-order valence-electron chi connectivity index (χ2n) is 2.50. The molecule has 72 valence electrons. The van der Waals surface area contributed by atoms with E-state index in [2.05, 4.69) is 15.4 Å². The topological polar surface area (TPSA) is 79.5 Å². The fraction of sp³-hybridized carbons (Fsp3) is 0. The molecule has 1 amide bonds. The van der Waals surface area contributed by atoms with Crippen LogP contribution in [0.2, 0.25) is 5.15 Å². The molecule has 0 saturated carbocycles. The number of hydrogen-bond donors (Lipinski definition) is 2. The Labute approximate surface area is 83.1 Å². The number of carbonyl (C=O) groups is 1. The number of nitrogens with zero attached hydrogens (tertiary/aromatic N) is 3. The molecular weight excluding hydrogens is 208 g/mol. The van der Waals surface area contributed by atoms with Gasteiger partial charge in [-0.05, 0) is 0 Å². The van der Waals surface area contributed by atoms with Crippen LogP contribution in [0.1, 0.15) is 0 Å². The first-order chi connectivity index (χ1) is 6.66. The van der Waals surface area contributed by atoms with Crippen molar-refractivity contribution in [1.82, 2.24) is 14.6 Å². The third-order valence-corrected chi connectivity index (χ3v) is 1.76. The van der Waals surface area contributed by atoms with Crippen molar-refractivity contribution < 1.29 is 9.90 Å². The van der Waals surface area contributed by atoms with Crippen LogP contribution in [0.25, 0.3) is 5.65 Å². The summed E-state index contributed by atoms with van der Waals surface area (Å²) in [6.07, 6.45) is 0.329. The van der Waals surface area contributed by atoms with E-state index in [-0.39, 0.29) is 11.0 Å². The molecule has 0 saturated heterocycles. The van der Waals surface area contributed by atoms with Crippen molar-refractivity contribution in [2.75, 3.05) is 5.32 Å². The number of rotatable bonds is 1. The third-order valence-electron chi connectivity index (χ3n) is 1.56. The number of carboxylic acid groups (broad SMARTS) is 1. The lowest BCUT2D eigenvalue weighted by Crippen LogP contribution is -2.11. The molecule has 0 fully saturated rings. The zero-order valence-corrected chi connectivity index (χ0v) is 7.56. The highest BCUT2D eigenvalue weighted by Gasteiger charge is 2.06. The molecule has 2 aromatic rings. The van der Waals surface area contributed by atoms with Crippen molar-refractivity contribution >= 4 is 29.2 Å². The Morgan fingerprint density at radius 2 is 2.43 bits per heavy atom. The van der Waals surface area contributed by atoms with E-state index in [1.807, 2.05) is 0 Å². The van der Waals surface area contributed by atoms with Gasteiger partial charge < -0.3 is 5.11 Å². The molecule has 0 unspecified atom stereocenters. The van der Waals surface area contributed by atoms with E-state index in [4.69, 9.17) is 16.7 Å². The molecule has 0 radical (unpaired) electrons. The molecule has 0 atom stereocenters. The number of amides is 1. The van der Waals surface area contributed by atoms with Crippen molar-refractivity contribution in [2.24, 2.45) is 0 Å². The number of anilines is 1. The van der Waals surface area contributed by atoms with Gasteiger partial charge in [0, 0.05) is 12.1 Å². The molecular formula is C7H5ClN4O2. The van der Waals surface area contributed by atoms with Crippen molar-refractivity contribution in [1.29, 1.82) is 0 Å². The average molecular weight is 213 g/mol. The van der Waals surface area contributed by atoms with E-state index in [1.165, 1.54) is 16.8 Å². The number of hydrogen-bond acceptors (Lipinski definition) is 3. The highest BCUT2D eigenvalue weighted by Crippen LogP contribution is 2.15. The molecule has 2 rings (SSSR count). The molecule has 14 heavy (non-hydrogen) atoms. The molecule has 0 aliphatic carbocycles. The maximum atomic E-state index is 10.4. The second kappa shape index (κ2) is 3.15. The largest absolute Gasteiger partial charge is 0.465 e. The van der Waals surface area contributed by atoms with E-state index in [0.717, 1.165) is 0 Å². The van der Waals surface area contributed by atoms with Gasteiger partial charge in [-0.2, -0.15) is 9.61 Å². The molecule has 0 aliphatic heterocycles. The van der Waals surface area contributed by atoms with Gasteiger partial charge in [0.1, 0.15) is 11.0 Å². The molecule has 0 aliphatic rings. The minimum Gasteiger partial charge on any atom is -0.465 e. The van der Waals surface area contributed by atoms with Crippen LogP contribution in [0.5, 0.6) is 0 Å². The van der Waals surface area contributed by atoms with E-state index in [9.17, 15) is 4.79 Å². The van der Waals surface area contributed by atoms with Crippen molar-refractivity contribution in [2.45, 2.75) is 0 Å². The van der Waals surface area contributed by atoms with Gasteiger partial charge in [0.2, 0.25) is 0 Å². The average Bonchev–Trinajstić information content (AvgIpc) is 2.50. The van der Waals surface area contributed by atoms with Crippen LogP contribution in [0.4, 0.5) is 10.6 Å². The van der Waals surface area contributed by atoms with Crippen molar-refractivity contribution in [3.05, 3.63) is 23.5 Å². The minimum atomic E-state index is -1.18. The lowest BCUT2D eigenvalue weighted by Gasteiger charge is -2.03. The highest BCUT2D eigenvalue weighted by molar-refractivity contribution is 6.29. The maximum absolute atomic E-state index is 10.4. The summed E-state index contributed by atoms with van der Waals surface area (Å²) in [7, 11) is 0. The Balaban J connectivity index is 2.60. The van der Waals surface area contributed by atoms with Crippen LogP contribution < -0.4 is 5.32 Å². The van der Waals surface area contributed by atoms with Gasteiger partial charge >= 0.3 is 6.09 Å². The molecule has 6 nitrogen and oxygen atoms in total. The Bertz CT molecular complexity index is 495. The predicted molar refractivity (Wildman–Crippen MR) is 49.6 cm³/mol. The smallest absolute Gasteiger partial charge is 0.410 e. The highest BCUT2D eigenvalue weighted by atomic mass is 35.5. The van der Waals surface area contributed by atoms with Gasteiger partial charge in [-0.3, -0.25) is 5.32 Å². The first-order valence-electron chi connectivity index (χ1n) is 3.67. The SMILES string of the molecule is O=C(O)Nc1cc(Cl)nc2ccnn12. The summed E-state index contributed by atoms with van der Waals surface area (Å²) in [5.41, 5.74) is 0.487. The summed E-state index contributed by atoms with van der Waals surface area (Å²) >= 11 is 5.68. The Kier molecular flexibility index (Phi) is 1.97. The lowest BCUT2D eigenvalue weighted by atomic mass is 10.5. The number of halogens is 1. The zero-order valence-electron chi connectivity index (χ0n) is 6.81. The molecule has 2 heterocycles. The quantitative estimate of drug-likeness (QED) is 0.702. The van der Waals surface area contributed by atoms with Crippen LogP contribution in [0, 0.1) is 0 Å². The molecule has 0 spiro atoms. The predicted octanol–water partition coefficient (Wildman–Crippen LogP) is 1.47. The van der Waals surface area contributed by atoms with Gasteiger partial charge in [0.25, 0.3) is 0 Å². The fourth-order valence-electron chi connectivity index (χ4n) is 1.08. The van der Waals surface area contributed by atoms with Crippen LogP contribution in [0.3, 0.4) is 0 Å². The van der Waals surface area contributed by atoms with Gasteiger partial charge in [-0.1, -0.05) is 11.6 Å². The molecule has 7 heteroatoms. The van der Waals surface area contributed by atoms with Crippen LogP contribution in [-0.4, -0.2) is 25.8 Å². The Morgan fingerprint density at radius 3 is 3.14 bits per heavy atom. The van der Waals surface area contributed by atoms with Crippen molar-refractivity contribution in [3.63, 3.8) is 0 Å². The lowest BCUT2D eigenvalue weighted by molar-refractivity contribution is 0.209. The van der Waals surface area contributed by atoms with E-state index < -0.39 is 6.09 Å². The number of aromatic nitrogens is 3. The fourth-order valence-corrected chi connectivity index (χ4v) is 1.27. The zero-order chi connectivity index (χ0) is 10.1. The Morgan fingerprint density at radius 1 is 1.64 bits per heavy atom. The second-order valence-corrected chi connectivity index (χ2v) is 2.88. The summed E-state index contributed by atoms with van der Waals surface area (Å²) in [4.78, 5) is 14.4. The summed E-state index contributed by atoms with van der Waals surface area (Å²) in [5, 5.41) is 14.8. The summed E-state index contributed by atoms with van der Waals surface area (Å²) in [5.74, 6) is 0.262. The van der Waals surface area contributed by atoms with E-state index >= 15 is 0 Å². The van der Waals surface area contributed by atoms with Gasteiger partial charge in [0.15, 0.2) is 5.65 Å². The van der Waals surface area contributed by atoms with Gasteiger partial charge in [0.05, 0.1) is 6.20 Å².